The maximum Gasteiger partial charge on any atom is 0.245 e. The van der Waals surface area contributed by atoms with E-state index in [1.165, 1.54) is 0 Å². The van der Waals surface area contributed by atoms with Crippen LogP contribution in [0.3, 0.4) is 0 Å². The van der Waals surface area contributed by atoms with Gasteiger partial charge in [0, 0.05) is 6.54 Å². The molecule has 2 aromatic heterocycles. The van der Waals surface area contributed by atoms with E-state index in [4.69, 9.17) is 4.74 Å². The molecule has 18 heavy (non-hydrogen) atoms. The van der Waals surface area contributed by atoms with Gasteiger partial charge in [0.25, 0.3) is 0 Å². The van der Waals surface area contributed by atoms with Gasteiger partial charge in [-0.1, -0.05) is 20.8 Å². The summed E-state index contributed by atoms with van der Waals surface area (Å²) in [6.07, 6.45) is 2.62. The average Bonchev–Trinajstić information content (AvgIpc) is 2.81. The molecular formula is C12H19N5O. The molecule has 0 aliphatic rings. The first-order valence-electron chi connectivity index (χ1n) is 6.28. The highest BCUT2D eigenvalue weighted by Gasteiger charge is 2.11. The van der Waals surface area contributed by atoms with Crippen LogP contribution in [-0.4, -0.2) is 33.1 Å². The fourth-order valence-electron chi connectivity index (χ4n) is 1.47. The summed E-state index contributed by atoms with van der Waals surface area (Å²) in [4.78, 5) is 15.8. The molecule has 6 nitrogen and oxygen atoms in total. The summed E-state index contributed by atoms with van der Waals surface area (Å²) < 4.78 is 5.70. The maximum atomic E-state index is 5.70. The molecule has 6 heteroatoms. The Morgan fingerprint density at radius 3 is 2.94 bits per heavy atom. The van der Waals surface area contributed by atoms with Crippen molar-refractivity contribution in [3.63, 3.8) is 0 Å². The lowest BCUT2D eigenvalue weighted by Gasteiger charge is -2.10. The van der Waals surface area contributed by atoms with Crippen LogP contribution in [0.15, 0.2) is 6.33 Å². The molecule has 0 amide bonds. The van der Waals surface area contributed by atoms with Crippen molar-refractivity contribution in [1.29, 1.82) is 0 Å². The van der Waals surface area contributed by atoms with Crippen LogP contribution >= 0.6 is 0 Å². The number of hydrogen-bond acceptors (Lipinski definition) is 5. The molecule has 0 atom stereocenters. The van der Waals surface area contributed by atoms with Crippen LogP contribution in [0.25, 0.3) is 11.2 Å². The zero-order valence-corrected chi connectivity index (χ0v) is 11.0. The third kappa shape index (κ3) is 2.88. The third-order valence-electron chi connectivity index (χ3n) is 2.34. The minimum atomic E-state index is 0.449. The summed E-state index contributed by atoms with van der Waals surface area (Å²) in [5.74, 6) is 1.57. The Kier molecular flexibility index (Phi) is 3.96. The lowest BCUT2D eigenvalue weighted by atomic mass is 10.2. The van der Waals surface area contributed by atoms with E-state index >= 15 is 0 Å². The van der Waals surface area contributed by atoms with Gasteiger partial charge in [0.2, 0.25) is 11.8 Å². The Morgan fingerprint density at radius 2 is 2.22 bits per heavy atom. The smallest absolute Gasteiger partial charge is 0.245 e. The van der Waals surface area contributed by atoms with Gasteiger partial charge in [-0.2, -0.15) is 9.97 Å². The molecule has 0 radical (unpaired) electrons. The molecule has 2 aromatic rings. The second-order valence-electron chi connectivity index (χ2n) is 4.59. The Hall–Kier alpha value is -1.85. The Bertz CT molecular complexity index is 508. The van der Waals surface area contributed by atoms with Crippen molar-refractivity contribution < 1.29 is 4.74 Å². The normalized spacial score (nSPS) is 11.1. The fourth-order valence-corrected chi connectivity index (χ4v) is 1.47. The van der Waals surface area contributed by atoms with E-state index in [1.807, 2.05) is 0 Å². The summed E-state index contributed by atoms with van der Waals surface area (Å²) in [6, 6.07) is 0. The third-order valence-corrected chi connectivity index (χ3v) is 2.34. The predicted molar refractivity (Wildman–Crippen MR) is 70.8 cm³/mol. The fraction of sp³-hybridized carbons (Fsp3) is 0.583. The summed E-state index contributed by atoms with van der Waals surface area (Å²) in [5, 5.41) is 3.15. The first kappa shape index (κ1) is 12.6. The van der Waals surface area contributed by atoms with Gasteiger partial charge in [-0.05, 0) is 12.3 Å². The number of ether oxygens (including phenoxy) is 1. The number of aromatic nitrogens is 4. The van der Waals surface area contributed by atoms with Gasteiger partial charge in [-0.3, -0.25) is 0 Å². The number of H-pyrrole nitrogens is 1. The van der Waals surface area contributed by atoms with Crippen molar-refractivity contribution in [3.8, 4) is 5.88 Å². The van der Waals surface area contributed by atoms with E-state index in [-0.39, 0.29) is 0 Å². The zero-order chi connectivity index (χ0) is 13.0. The molecule has 0 aliphatic heterocycles. The highest BCUT2D eigenvalue weighted by molar-refractivity contribution is 5.76. The van der Waals surface area contributed by atoms with Crippen LogP contribution in [0.4, 0.5) is 5.95 Å². The summed E-state index contributed by atoms with van der Waals surface area (Å²) in [7, 11) is 0. The molecule has 0 aliphatic carbocycles. The Balaban J connectivity index is 2.26. The zero-order valence-electron chi connectivity index (χ0n) is 11.0. The SMILES string of the molecule is CCCNc1nc(OCC(C)C)c2[nH]cnc2n1. The molecule has 0 bridgehead atoms. The lowest BCUT2D eigenvalue weighted by molar-refractivity contribution is 0.264. The van der Waals surface area contributed by atoms with Gasteiger partial charge in [0.1, 0.15) is 5.52 Å². The summed E-state index contributed by atoms with van der Waals surface area (Å²) in [5.41, 5.74) is 1.38. The number of anilines is 1. The molecule has 0 aromatic carbocycles. The van der Waals surface area contributed by atoms with Gasteiger partial charge in [-0.25, -0.2) is 4.98 Å². The Morgan fingerprint density at radius 1 is 1.39 bits per heavy atom. The van der Waals surface area contributed by atoms with Crippen molar-refractivity contribution >= 4 is 17.1 Å². The van der Waals surface area contributed by atoms with Crippen LogP contribution in [0.1, 0.15) is 27.2 Å². The summed E-state index contributed by atoms with van der Waals surface area (Å²) in [6.45, 7) is 7.75. The van der Waals surface area contributed by atoms with E-state index in [0.29, 0.717) is 30.0 Å². The molecule has 2 rings (SSSR count). The lowest BCUT2D eigenvalue weighted by Crippen LogP contribution is -2.09. The second-order valence-corrected chi connectivity index (χ2v) is 4.59. The largest absolute Gasteiger partial charge is 0.476 e. The van der Waals surface area contributed by atoms with Gasteiger partial charge < -0.3 is 15.0 Å². The first-order valence-corrected chi connectivity index (χ1v) is 6.28. The number of rotatable bonds is 6. The topological polar surface area (TPSA) is 75.7 Å². The van der Waals surface area contributed by atoms with Crippen LogP contribution in [0.2, 0.25) is 0 Å². The average molecular weight is 249 g/mol. The minimum Gasteiger partial charge on any atom is -0.476 e. The highest BCUT2D eigenvalue weighted by atomic mass is 16.5. The van der Waals surface area contributed by atoms with Gasteiger partial charge in [0.15, 0.2) is 5.65 Å². The molecule has 2 N–H and O–H groups in total. The van der Waals surface area contributed by atoms with Crippen LogP contribution in [-0.2, 0) is 0 Å². The van der Waals surface area contributed by atoms with Crippen molar-refractivity contribution in [3.05, 3.63) is 6.33 Å². The van der Waals surface area contributed by atoms with Crippen LogP contribution in [0, 0.1) is 5.92 Å². The molecule has 0 spiro atoms. The molecule has 0 fully saturated rings. The van der Waals surface area contributed by atoms with Gasteiger partial charge >= 0.3 is 0 Å². The van der Waals surface area contributed by atoms with E-state index in [0.717, 1.165) is 18.5 Å². The molecule has 0 saturated carbocycles. The molecular weight excluding hydrogens is 230 g/mol. The van der Waals surface area contributed by atoms with Crippen LogP contribution in [0.5, 0.6) is 5.88 Å². The monoisotopic (exact) mass is 249 g/mol. The van der Waals surface area contributed by atoms with Crippen molar-refractivity contribution in [2.45, 2.75) is 27.2 Å². The maximum absolute atomic E-state index is 5.70. The van der Waals surface area contributed by atoms with Crippen molar-refractivity contribution in [2.75, 3.05) is 18.5 Å². The summed E-state index contributed by atoms with van der Waals surface area (Å²) >= 11 is 0. The quantitative estimate of drug-likeness (QED) is 0.821. The van der Waals surface area contributed by atoms with Crippen LogP contribution < -0.4 is 10.1 Å². The number of nitrogens with zero attached hydrogens (tertiary/aromatic N) is 3. The highest BCUT2D eigenvalue weighted by Crippen LogP contribution is 2.21. The standard InChI is InChI=1S/C12H19N5O/c1-4-5-13-12-16-10-9(14-7-15-10)11(17-12)18-6-8(2)3/h7-8H,4-6H2,1-3H3,(H2,13,14,15,16,17). The number of aromatic amines is 1. The molecule has 0 unspecified atom stereocenters. The molecule has 98 valence electrons. The van der Waals surface area contributed by atoms with Gasteiger partial charge in [-0.15, -0.1) is 0 Å². The number of imidazole rings is 1. The predicted octanol–water partition coefficient (Wildman–Crippen LogP) is 2.21. The number of fused-ring (bicyclic) bond motifs is 1. The van der Waals surface area contributed by atoms with E-state index in [9.17, 15) is 0 Å². The van der Waals surface area contributed by atoms with Crippen molar-refractivity contribution in [1.82, 2.24) is 19.9 Å². The number of hydrogen-bond donors (Lipinski definition) is 2. The van der Waals surface area contributed by atoms with E-state index in [1.54, 1.807) is 6.33 Å². The number of nitrogens with one attached hydrogen (secondary N) is 2. The molecule has 0 saturated heterocycles. The second kappa shape index (κ2) is 5.66. The van der Waals surface area contributed by atoms with Crippen molar-refractivity contribution in [2.24, 2.45) is 5.92 Å². The minimum absolute atomic E-state index is 0.449. The van der Waals surface area contributed by atoms with Gasteiger partial charge in [0.05, 0.1) is 12.9 Å². The first-order chi connectivity index (χ1) is 8.70. The van der Waals surface area contributed by atoms with E-state index < -0.39 is 0 Å². The van der Waals surface area contributed by atoms with E-state index in [2.05, 4.69) is 46.0 Å². The molecule has 2 heterocycles. The Labute approximate surface area is 106 Å².